The number of carbonyl (C=O) groups is 1. The standard InChI is InChI=1S/C37H52N16O24P4/c1-49(2)18(54)6-14-15(72-33(22(14)55)53-13-50(3)21-30(53)46-37(40)48-32(21)58)7-70-79(61,62)76-81(65,66)77-80(63,64)71-9-17-24(26(68-5)35(74-17)51-11-43-19-27(38)41-10-42-28(19)51)75-78(59,60)69-8-16-23(56)25(67-4)34(73-16)52-12-44-20-29(52)45-36(39)47-31(20)57/h10-17,22-26,33-35,55-56H,6-9H2,1-5H3,(H11-,38,39,40,41,42,45,46,47,48,57,58,59,60,61,62,63,64,65,66)/p+1/t14-,15-,16-,17?,22-,23-,24-,25-,26-,33-,34-,35-/m1/s1. The maximum Gasteiger partial charge on any atom is 0.490 e. The molecule has 6 aromatic rings. The molecule has 81 heavy (non-hydrogen) atoms. The first-order chi connectivity index (χ1) is 38.0. The lowest BCUT2D eigenvalue weighted by Gasteiger charge is -2.26. The number of phosphoric acid groups is 4. The van der Waals surface area contributed by atoms with Crippen LogP contribution in [0.1, 0.15) is 25.1 Å². The van der Waals surface area contributed by atoms with Crippen molar-refractivity contribution in [1.82, 2.24) is 58.5 Å². The SMILES string of the molecule is CO[C@@H]1[C@H](O)[C@@H](COP(=O)(O)O[C@@H]2C(COP(=O)(O)OP(=O)(O)OP(=O)(O)OC[C@H]3O[C@@H]([n+]4cn(C)c5c(=O)[nH]c(N)nc54)[C@H](O)[C@@H]3CC(=O)N(C)C)O[C@@H](n3cnc4c(N)ncnc43)[C@@H]2OC)O[C@H]1n1cnc2c(=O)[nH]c(N)nc21. The van der Waals surface area contributed by atoms with Gasteiger partial charge in [0.2, 0.25) is 23.6 Å². The number of amides is 1. The van der Waals surface area contributed by atoms with E-state index in [-0.39, 0.29) is 51.2 Å². The molecule has 0 aromatic carbocycles. The predicted molar refractivity (Wildman–Crippen MR) is 265 cm³/mol. The molecule has 3 aliphatic heterocycles. The van der Waals surface area contributed by atoms with Gasteiger partial charge in [0.05, 0.1) is 45.6 Å². The fourth-order valence-electron chi connectivity index (χ4n) is 9.25. The summed E-state index contributed by atoms with van der Waals surface area (Å²) in [5.41, 5.74) is 15.9. The van der Waals surface area contributed by atoms with Crippen LogP contribution in [0.15, 0.2) is 34.9 Å². The molecular formula is C37H53N16O24P4+. The first kappa shape index (κ1) is 60.0. The summed E-state index contributed by atoms with van der Waals surface area (Å²) in [7, 11) is -16.9. The van der Waals surface area contributed by atoms with E-state index in [1.807, 2.05) is 0 Å². The number of methoxy groups -OCH3 is 2. The van der Waals surface area contributed by atoms with E-state index in [4.69, 9.17) is 59.0 Å². The number of carbonyl (C=O) groups excluding carboxylic acids is 1. The molecule has 6 aromatic heterocycles. The summed E-state index contributed by atoms with van der Waals surface area (Å²) in [5.74, 6) is -2.44. The van der Waals surface area contributed by atoms with Crippen LogP contribution in [0.5, 0.6) is 0 Å². The number of anilines is 3. The number of ether oxygens (including phenoxy) is 5. The van der Waals surface area contributed by atoms with E-state index in [1.54, 1.807) is 0 Å². The fraction of sp³-hybridized carbons (Fsp3) is 0.568. The zero-order chi connectivity index (χ0) is 58.8. The van der Waals surface area contributed by atoms with Gasteiger partial charge in [0, 0.05) is 40.7 Å². The number of aryl methyl sites for hydroxylation is 1. The number of aromatic amines is 2. The van der Waals surface area contributed by atoms with Crippen LogP contribution in [-0.2, 0) is 80.5 Å². The lowest BCUT2D eigenvalue weighted by atomic mass is 9.94. The minimum atomic E-state index is -6.23. The van der Waals surface area contributed by atoms with Crippen molar-refractivity contribution in [3.63, 3.8) is 0 Å². The minimum Gasteiger partial charge on any atom is -0.387 e. The number of phosphoric ester groups is 3. The molecule has 444 valence electrons. The minimum absolute atomic E-state index is 0.00542. The largest absolute Gasteiger partial charge is 0.490 e. The molecule has 0 bridgehead atoms. The zero-order valence-electron chi connectivity index (χ0n) is 42.5. The Morgan fingerprint density at radius 2 is 1.28 bits per heavy atom. The van der Waals surface area contributed by atoms with Gasteiger partial charge in [-0.15, -0.1) is 0 Å². The molecule has 44 heteroatoms. The van der Waals surface area contributed by atoms with Gasteiger partial charge in [0.25, 0.3) is 17.1 Å². The number of H-pyrrole nitrogens is 2. The molecule has 5 unspecified atom stereocenters. The summed E-state index contributed by atoms with van der Waals surface area (Å²) in [5, 5.41) is 22.7. The van der Waals surface area contributed by atoms with Crippen LogP contribution in [0.3, 0.4) is 0 Å². The number of aromatic nitrogens is 12. The summed E-state index contributed by atoms with van der Waals surface area (Å²) in [6.07, 6.45) is -12.6. The van der Waals surface area contributed by atoms with Gasteiger partial charge in [-0.2, -0.15) is 13.6 Å². The molecule has 9 heterocycles. The second-order valence-corrected chi connectivity index (χ2v) is 24.4. The highest BCUT2D eigenvalue weighted by Crippen LogP contribution is 2.68. The maximum atomic E-state index is 13.8. The Hall–Kier alpha value is -5.64. The Balaban J connectivity index is 0.883. The van der Waals surface area contributed by atoms with Crippen LogP contribution < -0.4 is 32.9 Å². The summed E-state index contributed by atoms with van der Waals surface area (Å²) in [4.78, 5) is 111. The lowest BCUT2D eigenvalue weighted by Crippen LogP contribution is -2.45. The number of rotatable bonds is 22. The van der Waals surface area contributed by atoms with E-state index in [9.17, 15) is 62.4 Å². The fourth-order valence-corrected chi connectivity index (χ4v) is 13.7. The zero-order valence-corrected chi connectivity index (χ0v) is 46.1. The molecule has 3 saturated heterocycles. The quantitative estimate of drug-likeness (QED) is 0.0234. The first-order valence-corrected chi connectivity index (χ1v) is 29.3. The number of aliphatic hydroxyl groups is 2. The van der Waals surface area contributed by atoms with Gasteiger partial charge < -0.3 is 75.6 Å². The topological polar surface area (TPSA) is 551 Å². The van der Waals surface area contributed by atoms with E-state index in [1.165, 1.54) is 57.7 Å². The highest BCUT2D eigenvalue weighted by atomic mass is 31.3. The van der Waals surface area contributed by atoms with Gasteiger partial charge in [-0.25, -0.2) is 42.8 Å². The summed E-state index contributed by atoms with van der Waals surface area (Å²) < 4.78 is 117. The van der Waals surface area contributed by atoms with Crippen molar-refractivity contribution in [3.8, 4) is 0 Å². The highest BCUT2D eigenvalue weighted by Gasteiger charge is 2.54. The number of fused-ring (bicyclic) bond motifs is 3. The lowest BCUT2D eigenvalue weighted by molar-refractivity contribution is -0.745. The van der Waals surface area contributed by atoms with Crippen LogP contribution in [0.2, 0.25) is 0 Å². The molecule has 16 atom stereocenters. The van der Waals surface area contributed by atoms with Crippen molar-refractivity contribution in [3.05, 3.63) is 46.0 Å². The second kappa shape index (κ2) is 22.8. The normalized spacial score (nSPS) is 29.0. The van der Waals surface area contributed by atoms with Gasteiger partial charge in [-0.05, 0) is 0 Å². The number of hydrogen-bond acceptors (Lipinski definition) is 29. The molecule has 14 N–H and O–H groups in total. The molecule has 0 radical (unpaired) electrons. The second-order valence-electron chi connectivity index (χ2n) is 18.3. The summed E-state index contributed by atoms with van der Waals surface area (Å²) in [6.45, 7) is -3.21. The molecule has 3 fully saturated rings. The van der Waals surface area contributed by atoms with E-state index < -0.39 is 148 Å². The maximum absolute atomic E-state index is 13.8. The molecule has 3 aliphatic rings. The molecule has 1 amide bonds. The number of hydrogen-bond donors (Lipinski definition) is 11. The van der Waals surface area contributed by atoms with Crippen molar-refractivity contribution in [1.29, 1.82) is 0 Å². The predicted octanol–water partition coefficient (Wildman–Crippen LogP) is -3.32. The highest BCUT2D eigenvalue weighted by molar-refractivity contribution is 7.66. The van der Waals surface area contributed by atoms with Gasteiger partial charge in [0.15, 0.2) is 41.4 Å². The number of nitrogens with two attached hydrogens (primary N) is 3. The van der Waals surface area contributed by atoms with Crippen LogP contribution in [0.4, 0.5) is 17.7 Å². The Bertz CT molecular complexity index is 3670. The number of nitrogens with one attached hydrogen (secondary N) is 2. The molecule has 0 spiro atoms. The molecular weight excluding hydrogens is 1180 g/mol. The van der Waals surface area contributed by atoms with Crippen LogP contribution >= 0.6 is 31.3 Å². The molecule has 9 rings (SSSR count). The van der Waals surface area contributed by atoms with Crippen LogP contribution in [0, 0.1) is 5.92 Å². The van der Waals surface area contributed by atoms with Gasteiger partial charge in [-0.3, -0.25) is 56.1 Å². The average Bonchev–Trinajstić information content (AvgIpc) is 4.42. The van der Waals surface area contributed by atoms with Gasteiger partial charge in [-0.1, -0.05) is 4.98 Å². The van der Waals surface area contributed by atoms with Crippen LogP contribution in [0.25, 0.3) is 33.5 Å². The number of nitrogen functional groups attached to an aromatic ring is 3. The average molecular weight is 1230 g/mol. The number of aliphatic hydroxyl groups excluding tert-OH is 2. The Morgan fingerprint density at radius 1 is 0.716 bits per heavy atom. The van der Waals surface area contributed by atoms with Gasteiger partial charge >= 0.3 is 36.9 Å². The van der Waals surface area contributed by atoms with E-state index >= 15 is 0 Å². The Morgan fingerprint density at radius 3 is 1.94 bits per heavy atom. The van der Waals surface area contributed by atoms with E-state index in [0.717, 1.165) is 26.1 Å². The van der Waals surface area contributed by atoms with Crippen molar-refractivity contribution in [2.45, 2.75) is 73.9 Å². The molecule has 0 saturated carbocycles. The van der Waals surface area contributed by atoms with E-state index in [0.29, 0.717) is 0 Å². The van der Waals surface area contributed by atoms with Crippen molar-refractivity contribution >= 4 is 88.4 Å². The summed E-state index contributed by atoms with van der Waals surface area (Å²) >= 11 is 0. The molecule has 40 nitrogen and oxygen atoms in total. The third-order valence-electron chi connectivity index (χ3n) is 12.9. The Labute approximate surface area is 452 Å². The molecule has 0 aliphatic carbocycles. The van der Waals surface area contributed by atoms with Gasteiger partial charge in [0.1, 0.15) is 54.6 Å². The van der Waals surface area contributed by atoms with Crippen LogP contribution in [-0.4, -0.2) is 191 Å². The van der Waals surface area contributed by atoms with E-state index in [2.05, 4.69) is 48.5 Å². The summed E-state index contributed by atoms with van der Waals surface area (Å²) in [6, 6.07) is 0. The van der Waals surface area contributed by atoms with Crippen molar-refractivity contribution in [2.75, 3.05) is 65.3 Å². The third kappa shape index (κ3) is 12.4. The smallest absolute Gasteiger partial charge is 0.387 e. The Kier molecular flexibility index (Phi) is 16.9. The third-order valence-corrected chi connectivity index (χ3v) is 18.1. The monoisotopic (exact) mass is 1230 g/mol. The van der Waals surface area contributed by atoms with Crippen molar-refractivity contribution in [2.24, 2.45) is 13.0 Å². The number of nitrogens with zero attached hydrogens (tertiary/aromatic N) is 11. The number of imidazole rings is 3. The van der Waals surface area contributed by atoms with Crippen molar-refractivity contribution < 1.29 is 108 Å². The first-order valence-electron chi connectivity index (χ1n) is 23.4.